The van der Waals surface area contributed by atoms with E-state index in [1.54, 1.807) is 0 Å². The first-order valence-corrected chi connectivity index (χ1v) is 6.32. The second-order valence-corrected chi connectivity index (χ2v) is 4.91. The maximum atomic E-state index is 8.77. The quantitative estimate of drug-likeness (QED) is 0.920. The molecule has 0 spiro atoms. The first-order valence-electron chi connectivity index (χ1n) is 5.53. The van der Waals surface area contributed by atoms with E-state index in [0.717, 1.165) is 10.2 Å². The summed E-state index contributed by atoms with van der Waals surface area (Å²) in [7, 11) is 0. The molecule has 0 aromatic heterocycles. The Balaban J connectivity index is 2.36. The summed E-state index contributed by atoms with van der Waals surface area (Å²) in [4.78, 5) is 0. The van der Waals surface area contributed by atoms with Crippen molar-refractivity contribution in [2.24, 2.45) is 5.92 Å². The standard InChI is InChI=1S/C14H13BrN2/c1-10(8-16)9-17-14-7-6-13(15)11-4-2-3-5-12(11)14/h2-7,10,17H,9H2,1H3. The second-order valence-electron chi connectivity index (χ2n) is 4.05. The highest BCUT2D eigenvalue weighted by molar-refractivity contribution is 9.10. The Morgan fingerprint density at radius 1 is 1.24 bits per heavy atom. The summed E-state index contributed by atoms with van der Waals surface area (Å²) in [6.45, 7) is 2.58. The van der Waals surface area contributed by atoms with Gasteiger partial charge in [-0.15, -0.1) is 0 Å². The van der Waals surface area contributed by atoms with Crippen molar-refractivity contribution < 1.29 is 0 Å². The highest BCUT2D eigenvalue weighted by Crippen LogP contribution is 2.29. The SMILES string of the molecule is CC(C#N)CNc1ccc(Br)c2ccccc12. The Morgan fingerprint density at radius 3 is 2.65 bits per heavy atom. The summed E-state index contributed by atoms with van der Waals surface area (Å²) in [5.41, 5.74) is 1.07. The molecule has 3 heteroatoms. The highest BCUT2D eigenvalue weighted by atomic mass is 79.9. The fourth-order valence-corrected chi connectivity index (χ4v) is 2.20. The maximum absolute atomic E-state index is 8.77. The van der Waals surface area contributed by atoms with Gasteiger partial charge >= 0.3 is 0 Å². The molecule has 0 heterocycles. The van der Waals surface area contributed by atoms with E-state index in [1.807, 2.05) is 31.2 Å². The zero-order chi connectivity index (χ0) is 12.3. The van der Waals surface area contributed by atoms with Crippen molar-refractivity contribution in [2.75, 3.05) is 11.9 Å². The van der Waals surface area contributed by atoms with Crippen LogP contribution < -0.4 is 5.32 Å². The van der Waals surface area contributed by atoms with Crippen molar-refractivity contribution in [3.63, 3.8) is 0 Å². The van der Waals surface area contributed by atoms with Gasteiger partial charge in [-0.25, -0.2) is 0 Å². The van der Waals surface area contributed by atoms with Gasteiger partial charge in [0.2, 0.25) is 0 Å². The van der Waals surface area contributed by atoms with Crippen molar-refractivity contribution in [3.05, 3.63) is 40.9 Å². The van der Waals surface area contributed by atoms with E-state index in [4.69, 9.17) is 5.26 Å². The summed E-state index contributed by atoms with van der Waals surface area (Å²) in [6, 6.07) is 14.5. The summed E-state index contributed by atoms with van der Waals surface area (Å²) >= 11 is 3.54. The highest BCUT2D eigenvalue weighted by Gasteiger charge is 2.05. The molecule has 0 aliphatic heterocycles. The molecule has 1 N–H and O–H groups in total. The molecule has 1 atom stereocenters. The minimum absolute atomic E-state index is 0.0115. The predicted octanol–water partition coefficient (Wildman–Crippen LogP) is 4.17. The lowest BCUT2D eigenvalue weighted by Gasteiger charge is -2.11. The molecule has 0 aliphatic rings. The third-order valence-electron chi connectivity index (χ3n) is 2.69. The van der Waals surface area contributed by atoms with Gasteiger partial charge in [0.15, 0.2) is 0 Å². The van der Waals surface area contributed by atoms with E-state index in [9.17, 15) is 0 Å². The molecule has 0 saturated heterocycles. The summed E-state index contributed by atoms with van der Waals surface area (Å²) in [5.74, 6) is 0.0115. The fourth-order valence-electron chi connectivity index (χ4n) is 1.73. The number of benzene rings is 2. The summed E-state index contributed by atoms with van der Waals surface area (Å²) in [5, 5.41) is 14.5. The molecule has 2 nitrogen and oxygen atoms in total. The zero-order valence-corrected chi connectivity index (χ0v) is 11.2. The van der Waals surface area contributed by atoms with E-state index in [0.29, 0.717) is 6.54 Å². The van der Waals surface area contributed by atoms with E-state index in [2.05, 4.69) is 39.4 Å². The van der Waals surface area contributed by atoms with E-state index >= 15 is 0 Å². The zero-order valence-electron chi connectivity index (χ0n) is 9.57. The molecule has 0 aliphatic carbocycles. The lowest BCUT2D eigenvalue weighted by molar-refractivity contribution is 0.787. The summed E-state index contributed by atoms with van der Waals surface area (Å²) < 4.78 is 1.09. The average Bonchev–Trinajstić information content (AvgIpc) is 2.38. The Morgan fingerprint density at radius 2 is 1.94 bits per heavy atom. The van der Waals surface area contributed by atoms with Crippen LogP contribution in [0.3, 0.4) is 0 Å². The van der Waals surface area contributed by atoms with Crippen LogP contribution in [0.15, 0.2) is 40.9 Å². The minimum atomic E-state index is 0.0115. The van der Waals surface area contributed by atoms with E-state index in [1.165, 1.54) is 10.8 Å². The topological polar surface area (TPSA) is 35.8 Å². The molecule has 86 valence electrons. The van der Waals surface area contributed by atoms with Crippen LogP contribution in [0, 0.1) is 17.2 Å². The van der Waals surface area contributed by atoms with Gasteiger partial charge in [-0.1, -0.05) is 40.2 Å². The van der Waals surface area contributed by atoms with Crippen LogP contribution in [0.25, 0.3) is 10.8 Å². The third-order valence-corrected chi connectivity index (χ3v) is 3.38. The van der Waals surface area contributed by atoms with Crippen LogP contribution in [0.2, 0.25) is 0 Å². The van der Waals surface area contributed by atoms with Crippen molar-refractivity contribution in [1.82, 2.24) is 0 Å². The molecule has 0 amide bonds. The van der Waals surface area contributed by atoms with Crippen LogP contribution >= 0.6 is 15.9 Å². The maximum Gasteiger partial charge on any atom is 0.0671 e. The third kappa shape index (κ3) is 2.59. The van der Waals surface area contributed by atoms with Gasteiger partial charge in [-0.3, -0.25) is 0 Å². The lowest BCUT2D eigenvalue weighted by atomic mass is 10.1. The van der Waals surface area contributed by atoms with E-state index < -0.39 is 0 Å². The van der Waals surface area contributed by atoms with Crippen molar-refractivity contribution in [1.29, 1.82) is 5.26 Å². The molecular formula is C14H13BrN2. The van der Waals surface area contributed by atoms with Gasteiger partial charge in [0, 0.05) is 22.1 Å². The minimum Gasteiger partial charge on any atom is -0.383 e. The number of halogens is 1. The molecule has 17 heavy (non-hydrogen) atoms. The number of anilines is 1. The van der Waals surface area contributed by atoms with Crippen LogP contribution in [0.1, 0.15) is 6.92 Å². The van der Waals surface area contributed by atoms with Crippen molar-refractivity contribution in [3.8, 4) is 6.07 Å². The van der Waals surface area contributed by atoms with Gasteiger partial charge in [-0.2, -0.15) is 5.26 Å². The average molecular weight is 289 g/mol. The second kappa shape index (κ2) is 5.20. The fraction of sp³-hybridized carbons (Fsp3) is 0.214. The molecule has 2 aromatic carbocycles. The number of fused-ring (bicyclic) bond motifs is 1. The number of rotatable bonds is 3. The lowest BCUT2D eigenvalue weighted by Crippen LogP contribution is -2.09. The number of nitriles is 1. The largest absolute Gasteiger partial charge is 0.383 e. The van der Waals surface area contributed by atoms with Crippen LogP contribution in [0.4, 0.5) is 5.69 Å². The Hall–Kier alpha value is -1.53. The number of nitrogens with zero attached hydrogens (tertiary/aromatic N) is 1. The molecule has 0 bridgehead atoms. The normalized spacial score (nSPS) is 12.1. The van der Waals surface area contributed by atoms with Crippen molar-refractivity contribution >= 4 is 32.4 Å². The Kier molecular flexibility index (Phi) is 3.65. The number of hydrogen-bond donors (Lipinski definition) is 1. The van der Waals surface area contributed by atoms with Crippen molar-refractivity contribution in [2.45, 2.75) is 6.92 Å². The predicted molar refractivity (Wildman–Crippen MR) is 74.9 cm³/mol. The monoisotopic (exact) mass is 288 g/mol. The molecule has 0 radical (unpaired) electrons. The number of hydrogen-bond acceptors (Lipinski definition) is 2. The van der Waals surface area contributed by atoms with Gasteiger partial charge in [0.1, 0.15) is 0 Å². The van der Waals surface area contributed by atoms with Crippen LogP contribution in [0.5, 0.6) is 0 Å². The summed E-state index contributed by atoms with van der Waals surface area (Å²) in [6.07, 6.45) is 0. The molecule has 2 rings (SSSR count). The molecular weight excluding hydrogens is 276 g/mol. The smallest absolute Gasteiger partial charge is 0.0671 e. The van der Waals surface area contributed by atoms with Gasteiger partial charge in [-0.05, 0) is 24.4 Å². The Labute approximate surface area is 109 Å². The first kappa shape index (κ1) is 11.9. The molecule has 0 saturated carbocycles. The molecule has 0 fully saturated rings. The molecule has 2 aromatic rings. The van der Waals surface area contributed by atoms with Gasteiger partial charge in [0.25, 0.3) is 0 Å². The Bertz CT molecular complexity index is 572. The van der Waals surface area contributed by atoms with Crippen LogP contribution in [-0.4, -0.2) is 6.54 Å². The van der Waals surface area contributed by atoms with Gasteiger partial charge < -0.3 is 5.32 Å². The number of nitrogens with one attached hydrogen (secondary N) is 1. The van der Waals surface area contributed by atoms with Crippen LogP contribution in [-0.2, 0) is 0 Å². The first-order chi connectivity index (χ1) is 8.22. The van der Waals surface area contributed by atoms with Gasteiger partial charge in [0.05, 0.1) is 12.0 Å². The van der Waals surface area contributed by atoms with E-state index in [-0.39, 0.29) is 5.92 Å². The molecule has 1 unspecified atom stereocenters.